The third-order valence-corrected chi connectivity index (χ3v) is 5.47. The molecule has 0 saturated carbocycles. The van der Waals surface area contributed by atoms with Gasteiger partial charge in [0, 0.05) is 25.0 Å². The Labute approximate surface area is 144 Å². The van der Waals surface area contributed by atoms with Gasteiger partial charge in [-0.1, -0.05) is 24.3 Å². The highest BCUT2D eigenvalue weighted by atomic mass is 32.2. The van der Waals surface area contributed by atoms with Crippen LogP contribution in [0.5, 0.6) is 0 Å². The molecule has 1 heterocycles. The summed E-state index contributed by atoms with van der Waals surface area (Å²) in [5.74, 6) is -0.0890. The Balaban J connectivity index is 1.94. The average Bonchev–Trinajstić information content (AvgIpc) is 2.97. The Morgan fingerprint density at radius 2 is 2.00 bits per heavy atom. The van der Waals surface area contributed by atoms with Gasteiger partial charge in [0.25, 0.3) is 0 Å². The summed E-state index contributed by atoms with van der Waals surface area (Å²) < 4.78 is 26.8. The van der Waals surface area contributed by atoms with Crippen molar-refractivity contribution in [2.75, 3.05) is 6.54 Å². The van der Waals surface area contributed by atoms with E-state index in [0.717, 1.165) is 24.9 Å². The van der Waals surface area contributed by atoms with Gasteiger partial charge in [-0.25, -0.2) is 13.1 Å². The minimum atomic E-state index is -3.39. The van der Waals surface area contributed by atoms with Crippen LogP contribution >= 0.6 is 0 Å². The summed E-state index contributed by atoms with van der Waals surface area (Å²) in [6.07, 6.45) is 2.61. The summed E-state index contributed by atoms with van der Waals surface area (Å²) in [5.41, 5.74) is 1.55. The van der Waals surface area contributed by atoms with Crippen LogP contribution in [0.2, 0.25) is 0 Å². The minimum absolute atomic E-state index is 0.00707. The Kier molecular flexibility index (Phi) is 6.77. The number of amides is 1. The lowest BCUT2D eigenvalue weighted by Crippen LogP contribution is -2.33. The van der Waals surface area contributed by atoms with Crippen molar-refractivity contribution in [2.45, 2.75) is 57.5 Å². The van der Waals surface area contributed by atoms with E-state index in [4.69, 9.17) is 0 Å². The highest BCUT2D eigenvalue weighted by molar-refractivity contribution is 7.88. The van der Waals surface area contributed by atoms with Crippen LogP contribution in [0.15, 0.2) is 24.3 Å². The Bertz CT molecular complexity index is 653. The molecule has 1 amide bonds. The van der Waals surface area contributed by atoms with Crippen LogP contribution in [-0.2, 0) is 27.1 Å². The van der Waals surface area contributed by atoms with Crippen LogP contribution in [0.4, 0.5) is 0 Å². The van der Waals surface area contributed by atoms with Gasteiger partial charge >= 0.3 is 0 Å². The summed E-state index contributed by atoms with van der Waals surface area (Å²) in [6, 6.07) is 7.44. The number of hydrogen-bond donors (Lipinski definition) is 3. The zero-order valence-corrected chi connectivity index (χ0v) is 15.2. The van der Waals surface area contributed by atoms with Gasteiger partial charge < -0.3 is 10.6 Å². The van der Waals surface area contributed by atoms with Gasteiger partial charge in [0.15, 0.2) is 0 Å². The zero-order valence-electron chi connectivity index (χ0n) is 14.3. The molecule has 3 N–H and O–H groups in total. The van der Waals surface area contributed by atoms with Gasteiger partial charge in [0.05, 0.1) is 5.75 Å². The SMILES string of the molecule is CC(C)NS(=O)(=O)Cc1ccccc1CNC(=O)CC1CCCN1. The molecule has 0 aromatic heterocycles. The Morgan fingerprint density at radius 1 is 1.29 bits per heavy atom. The molecule has 134 valence electrons. The molecule has 1 aromatic carbocycles. The summed E-state index contributed by atoms with van der Waals surface area (Å²) in [4.78, 5) is 12.0. The molecule has 1 saturated heterocycles. The minimum Gasteiger partial charge on any atom is -0.352 e. The van der Waals surface area contributed by atoms with E-state index >= 15 is 0 Å². The standard InChI is InChI=1S/C17H27N3O3S/c1-13(2)20-24(22,23)12-15-7-4-3-6-14(15)11-19-17(21)10-16-8-5-9-18-16/h3-4,6-7,13,16,18,20H,5,8-12H2,1-2H3,(H,19,21). The van der Waals surface area contributed by atoms with Crippen molar-refractivity contribution in [1.29, 1.82) is 0 Å². The maximum Gasteiger partial charge on any atom is 0.221 e. The maximum absolute atomic E-state index is 12.1. The predicted octanol–water partition coefficient (Wildman–Crippen LogP) is 1.27. The molecule has 1 atom stereocenters. The third kappa shape index (κ3) is 6.22. The summed E-state index contributed by atoms with van der Waals surface area (Å²) in [5, 5.41) is 6.20. The molecule has 0 bridgehead atoms. The van der Waals surface area contributed by atoms with Gasteiger partial charge in [0.2, 0.25) is 15.9 Å². The summed E-state index contributed by atoms with van der Waals surface area (Å²) in [7, 11) is -3.39. The number of hydrogen-bond acceptors (Lipinski definition) is 4. The van der Waals surface area contributed by atoms with Crippen molar-refractivity contribution in [3.05, 3.63) is 35.4 Å². The molecule has 1 unspecified atom stereocenters. The second-order valence-electron chi connectivity index (χ2n) is 6.57. The molecule has 0 spiro atoms. The normalized spacial score (nSPS) is 18.0. The number of rotatable bonds is 8. The molecule has 0 aliphatic carbocycles. The Morgan fingerprint density at radius 3 is 2.62 bits per heavy atom. The van der Waals surface area contributed by atoms with Crippen molar-refractivity contribution < 1.29 is 13.2 Å². The second kappa shape index (κ2) is 8.60. The fourth-order valence-electron chi connectivity index (χ4n) is 2.90. The third-order valence-electron chi connectivity index (χ3n) is 3.95. The van der Waals surface area contributed by atoms with E-state index in [1.807, 2.05) is 18.2 Å². The lowest BCUT2D eigenvalue weighted by atomic mass is 10.1. The molecule has 6 nitrogen and oxygen atoms in total. The fraction of sp³-hybridized carbons (Fsp3) is 0.588. The number of nitrogens with one attached hydrogen (secondary N) is 3. The largest absolute Gasteiger partial charge is 0.352 e. The number of benzene rings is 1. The van der Waals surface area contributed by atoms with Crippen LogP contribution in [-0.4, -0.2) is 33.0 Å². The first kappa shape index (κ1) is 18.9. The van der Waals surface area contributed by atoms with Crippen molar-refractivity contribution in [3.8, 4) is 0 Å². The van der Waals surface area contributed by atoms with Crippen LogP contribution in [0.1, 0.15) is 44.2 Å². The molecule has 2 rings (SSSR count). The van der Waals surface area contributed by atoms with Crippen molar-refractivity contribution in [3.63, 3.8) is 0 Å². The highest BCUT2D eigenvalue weighted by Crippen LogP contribution is 2.13. The van der Waals surface area contributed by atoms with Crippen LogP contribution in [0.3, 0.4) is 0 Å². The lowest BCUT2D eigenvalue weighted by molar-refractivity contribution is -0.121. The van der Waals surface area contributed by atoms with E-state index in [1.165, 1.54) is 0 Å². The molecule has 1 fully saturated rings. The van der Waals surface area contributed by atoms with E-state index in [1.54, 1.807) is 19.9 Å². The van der Waals surface area contributed by atoms with Gasteiger partial charge in [-0.2, -0.15) is 0 Å². The number of carbonyl (C=O) groups is 1. The van der Waals surface area contributed by atoms with E-state index in [-0.39, 0.29) is 23.7 Å². The quantitative estimate of drug-likeness (QED) is 0.657. The van der Waals surface area contributed by atoms with Gasteiger partial charge in [-0.3, -0.25) is 4.79 Å². The molecular weight excluding hydrogens is 326 g/mol. The first-order valence-electron chi connectivity index (χ1n) is 8.42. The van der Waals surface area contributed by atoms with E-state index < -0.39 is 10.0 Å². The van der Waals surface area contributed by atoms with Crippen molar-refractivity contribution in [1.82, 2.24) is 15.4 Å². The van der Waals surface area contributed by atoms with Crippen molar-refractivity contribution in [2.24, 2.45) is 0 Å². The van der Waals surface area contributed by atoms with E-state index in [2.05, 4.69) is 15.4 Å². The van der Waals surface area contributed by atoms with Gasteiger partial charge in [0.1, 0.15) is 0 Å². The average molecular weight is 353 g/mol. The van der Waals surface area contributed by atoms with Crippen LogP contribution in [0.25, 0.3) is 0 Å². The van der Waals surface area contributed by atoms with E-state index in [0.29, 0.717) is 18.5 Å². The first-order valence-corrected chi connectivity index (χ1v) is 10.1. The molecular formula is C17H27N3O3S. The molecule has 0 radical (unpaired) electrons. The molecule has 7 heteroatoms. The molecule has 1 aliphatic rings. The van der Waals surface area contributed by atoms with E-state index in [9.17, 15) is 13.2 Å². The number of sulfonamides is 1. The molecule has 1 aromatic rings. The van der Waals surface area contributed by atoms with Crippen LogP contribution < -0.4 is 15.4 Å². The topological polar surface area (TPSA) is 87.3 Å². The van der Waals surface area contributed by atoms with Gasteiger partial charge in [-0.15, -0.1) is 0 Å². The maximum atomic E-state index is 12.1. The van der Waals surface area contributed by atoms with Crippen molar-refractivity contribution >= 4 is 15.9 Å². The van der Waals surface area contributed by atoms with Gasteiger partial charge in [-0.05, 0) is 44.4 Å². The number of carbonyl (C=O) groups excluding carboxylic acids is 1. The second-order valence-corrected chi connectivity index (χ2v) is 8.33. The van der Waals surface area contributed by atoms with Crippen LogP contribution in [0, 0.1) is 0 Å². The first-order chi connectivity index (χ1) is 11.4. The smallest absolute Gasteiger partial charge is 0.221 e. The molecule has 24 heavy (non-hydrogen) atoms. The summed E-state index contributed by atoms with van der Waals surface area (Å²) >= 11 is 0. The Hall–Kier alpha value is -1.44. The predicted molar refractivity (Wildman–Crippen MR) is 94.8 cm³/mol. The monoisotopic (exact) mass is 353 g/mol. The fourth-order valence-corrected chi connectivity index (χ4v) is 4.39. The zero-order chi connectivity index (χ0) is 17.6. The lowest BCUT2D eigenvalue weighted by Gasteiger charge is -2.14. The highest BCUT2D eigenvalue weighted by Gasteiger charge is 2.18. The summed E-state index contributed by atoms with van der Waals surface area (Å²) in [6.45, 7) is 4.90. The molecule has 1 aliphatic heterocycles.